The summed E-state index contributed by atoms with van der Waals surface area (Å²) in [6.07, 6.45) is 9.28. The molecule has 1 aliphatic heterocycles. The van der Waals surface area contributed by atoms with Gasteiger partial charge in [-0.25, -0.2) is 4.79 Å². The van der Waals surface area contributed by atoms with Gasteiger partial charge in [0, 0.05) is 11.3 Å². The fraction of sp³-hybridized carbons (Fsp3) is 0.667. The second-order valence-corrected chi connectivity index (χ2v) is 12.4. The van der Waals surface area contributed by atoms with E-state index in [1.165, 1.54) is 49.5 Å². The predicted octanol–water partition coefficient (Wildman–Crippen LogP) is 4.37. The van der Waals surface area contributed by atoms with Crippen LogP contribution in [0.5, 0.6) is 0 Å². The molecule has 178 valence electrons. The van der Waals surface area contributed by atoms with Gasteiger partial charge in [0.1, 0.15) is 10.3 Å². The first-order chi connectivity index (χ1) is 15.9. The number of carbonyl (C=O) groups excluding carboxylic acids is 3. The van der Waals surface area contributed by atoms with Crippen molar-refractivity contribution in [3.05, 3.63) is 16.5 Å². The van der Waals surface area contributed by atoms with Crippen molar-refractivity contribution in [2.45, 2.75) is 75.5 Å². The standard InChI is InChI=1S/C24H31N3O4S2/c1-3-4-16-8-17(22(30)31-2)21(32-16)25-19(28)9-18-20(29)26-23(33-18)27-24-10-13-5-14(11-24)7-15(6-13)12-24/h8,13-15,18H,3-7,9-12H2,1-2H3,(H,25,28)(H,26,27,29). The summed E-state index contributed by atoms with van der Waals surface area (Å²) in [5.41, 5.74) is 0.357. The minimum atomic E-state index is -0.505. The summed E-state index contributed by atoms with van der Waals surface area (Å²) in [7, 11) is 1.33. The highest BCUT2D eigenvalue weighted by atomic mass is 32.2. The molecule has 2 heterocycles. The Kier molecular flexibility index (Phi) is 6.29. The Bertz CT molecular complexity index is 967. The number of ether oxygens (including phenoxy) is 1. The van der Waals surface area contributed by atoms with Crippen LogP contribution in [0.1, 0.15) is 73.5 Å². The number of thioether (sulfide) groups is 1. The van der Waals surface area contributed by atoms with E-state index in [0.29, 0.717) is 15.7 Å². The lowest BCUT2D eigenvalue weighted by atomic mass is 9.53. The van der Waals surface area contributed by atoms with Crippen LogP contribution >= 0.6 is 23.1 Å². The molecule has 4 aliphatic carbocycles. The van der Waals surface area contributed by atoms with Crippen molar-refractivity contribution in [2.24, 2.45) is 22.7 Å². The number of amides is 2. The number of aliphatic imine (C=N–C) groups is 1. The molecule has 1 saturated heterocycles. The van der Waals surface area contributed by atoms with Gasteiger partial charge in [0.25, 0.3) is 0 Å². The summed E-state index contributed by atoms with van der Waals surface area (Å²) in [5, 5.41) is 6.43. The van der Waals surface area contributed by atoms with Gasteiger partial charge >= 0.3 is 5.97 Å². The molecule has 0 radical (unpaired) electrons. The van der Waals surface area contributed by atoms with Crippen molar-refractivity contribution in [2.75, 3.05) is 12.4 Å². The van der Waals surface area contributed by atoms with Gasteiger partial charge in [-0.2, -0.15) is 0 Å². The molecule has 1 aromatic rings. The minimum Gasteiger partial charge on any atom is -0.465 e. The summed E-state index contributed by atoms with van der Waals surface area (Å²) in [5.74, 6) is 1.45. The topological polar surface area (TPSA) is 96.9 Å². The number of hydrogen-bond donors (Lipinski definition) is 2. The fourth-order valence-corrected chi connectivity index (χ4v) is 8.76. The summed E-state index contributed by atoms with van der Waals surface area (Å²) in [4.78, 5) is 43.6. The van der Waals surface area contributed by atoms with Gasteiger partial charge < -0.3 is 15.4 Å². The van der Waals surface area contributed by atoms with E-state index in [2.05, 4.69) is 17.6 Å². The Morgan fingerprint density at radius 2 is 1.88 bits per heavy atom. The zero-order valence-corrected chi connectivity index (χ0v) is 20.8. The van der Waals surface area contributed by atoms with E-state index in [0.717, 1.165) is 54.7 Å². The maximum Gasteiger partial charge on any atom is 0.340 e. The van der Waals surface area contributed by atoms with Crippen molar-refractivity contribution in [3.8, 4) is 0 Å². The van der Waals surface area contributed by atoms with E-state index < -0.39 is 11.2 Å². The molecule has 2 amide bonds. The summed E-state index contributed by atoms with van der Waals surface area (Å²) < 4.78 is 4.86. The normalized spacial score (nSPS) is 33.4. The number of amidine groups is 1. The number of esters is 1. The van der Waals surface area contributed by atoms with Gasteiger partial charge in [-0.05, 0) is 68.8 Å². The monoisotopic (exact) mass is 489 g/mol. The average Bonchev–Trinajstić information content (AvgIpc) is 3.28. The van der Waals surface area contributed by atoms with Crippen LogP contribution in [0.15, 0.2) is 11.1 Å². The Morgan fingerprint density at radius 3 is 2.48 bits per heavy atom. The van der Waals surface area contributed by atoms with Crippen LogP contribution in [0.3, 0.4) is 0 Å². The highest BCUT2D eigenvalue weighted by molar-refractivity contribution is 8.15. The summed E-state index contributed by atoms with van der Waals surface area (Å²) >= 11 is 2.76. The molecule has 1 unspecified atom stereocenters. The Labute approximate surface area is 202 Å². The summed E-state index contributed by atoms with van der Waals surface area (Å²) in [6.45, 7) is 2.06. The van der Waals surface area contributed by atoms with Crippen molar-refractivity contribution in [3.63, 3.8) is 0 Å². The molecule has 7 nitrogen and oxygen atoms in total. The van der Waals surface area contributed by atoms with Gasteiger partial charge in [-0.3, -0.25) is 14.6 Å². The second kappa shape index (κ2) is 9.06. The molecule has 5 aliphatic rings. The van der Waals surface area contributed by atoms with Crippen molar-refractivity contribution < 1.29 is 19.1 Å². The minimum absolute atomic E-state index is 0.0103. The number of rotatable bonds is 7. The third-order valence-corrected chi connectivity index (χ3v) is 9.62. The molecule has 0 spiro atoms. The van der Waals surface area contributed by atoms with Crippen LogP contribution in [0, 0.1) is 17.8 Å². The molecule has 33 heavy (non-hydrogen) atoms. The Morgan fingerprint density at radius 1 is 1.21 bits per heavy atom. The maximum atomic E-state index is 12.8. The fourth-order valence-electron chi connectivity index (χ4n) is 6.52. The molecule has 4 saturated carbocycles. The van der Waals surface area contributed by atoms with Crippen molar-refractivity contribution in [1.82, 2.24) is 5.32 Å². The highest BCUT2D eigenvalue weighted by Crippen LogP contribution is 2.57. The smallest absolute Gasteiger partial charge is 0.340 e. The van der Waals surface area contributed by atoms with Crippen LogP contribution in [-0.2, 0) is 20.7 Å². The predicted molar refractivity (Wildman–Crippen MR) is 131 cm³/mol. The third-order valence-electron chi connectivity index (χ3n) is 7.43. The molecule has 9 heteroatoms. The molecule has 1 atom stereocenters. The number of nitrogens with zero attached hydrogens (tertiary/aromatic N) is 1. The number of anilines is 1. The molecule has 1 aromatic heterocycles. The van der Waals surface area contributed by atoms with Crippen molar-refractivity contribution in [1.29, 1.82) is 0 Å². The maximum absolute atomic E-state index is 12.8. The number of aryl methyl sites for hydroxylation is 1. The lowest BCUT2D eigenvalue weighted by Crippen LogP contribution is -2.50. The first-order valence-electron chi connectivity index (χ1n) is 11.9. The molecule has 0 aromatic carbocycles. The second-order valence-electron chi connectivity index (χ2n) is 10.1. The zero-order chi connectivity index (χ0) is 23.2. The van der Waals surface area contributed by atoms with Crippen LogP contribution in [0.25, 0.3) is 0 Å². The van der Waals surface area contributed by atoms with Gasteiger partial charge in [-0.1, -0.05) is 25.1 Å². The molecule has 5 fully saturated rings. The lowest BCUT2D eigenvalue weighted by Gasteiger charge is -2.55. The number of thiophene rings is 1. The first-order valence-corrected chi connectivity index (χ1v) is 13.6. The molecular weight excluding hydrogens is 458 g/mol. The van der Waals surface area contributed by atoms with Gasteiger partial charge in [0.2, 0.25) is 11.8 Å². The quantitative estimate of drug-likeness (QED) is 0.555. The van der Waals surface area contributed by atoms with Crippen molar-refractivity contribution >= 4 is 51.1 Å². The lowest BCUT2D eigenvalue weighted by molar-refractivity contribution is -0.122. The van der Waals surface area contributed by atoms with Crippen LogP contribution in [-0.4, -0.2) is 40.8 Å². The largest absolute Gasteiger partial charge is 0.465 e. The van der Waals surface area contributed by atoms with E-state index in [1.54, 1.807) is 6.07 Å². The number of methoxy groups -OCH3 is 1. The van der Waals surface area contributed by atoms with Crippen LogP contribution in [0.4, 0.5) is 5.00 Å². The number of nitrogens with one attached hydrogen (secondary N) is 2. The van der Waals surface area contributed by atoms with Gasteiger partial charge in [-0.15, -0.1) is 11.3 Å². The third kappa shape index (κ3) is 4.71. The van der Waals surface area contributed by atoms with E-state index >= 15 is 0 Å². The molecule has 6 rings (SSSR count). The highest BCUT2D eigenvalue weighted by Gasteiger charge is 2.51. The number of hydrogen-bond acceptors (Lipinski definition) is 7. The van der Waals surface area contributed by atoms with Gasteiger partial charge in [0.05, 0.1) is 18.2 Å². The van der Waals surface area contributed by atoms with E-state index in [1.807, 2.05) is 0 Å². The van der Waals surface area contributed by atoms with E-state index in [-0.39, 0.29) is 23.8 Å². The molecular formula is C24H31N3O4S2. The van der Waals surface area contributed by atoms with Crippen LogP contribution < -0.4 is 10.6 Å². The molecule has 2 N–H and O–H groups in total. The SMILES string of the molecule is CCCc1cc(C(=O)OC)c(NC(=O)CC2SC(=NC34CC5CC(CC(C5)C3)C4)NC2=O)s1. The van der Waals surface area contributed by atoms with E-state index in [4.69, 9.17) is 9.73 Å². The Balaban J connectivity index is 1.24. The summed E-state index contributed by atoms with van der Waals surface area (Å²) in [6, 6.07) is 1.78. The van der Waals surface area contributed by atoms with Crippen LogP contribution in [0.2, 0.25) is 0 Å². The van der Waals surface area contributed by atoms with Gasteiger partial charge in [0.15, 0.2) is 5.17 Å². The average molecular weight is 490 g/mol. The Hall–Kier alpha value is -1.87. The molecule has 4 bridgehead atoms. The number of carbonyl (C=O) groups is 3. The first kappa shape index (κ1) is 22.9. The zero-order valence-electron chi connectivity index (χ0n) is 19.1. The van der Waals surface area contributed by atoms with E-state index in [9.17, 15) is 14.4 Å².